The third kappa shape index (κ3) is 2.23. The van der Waals surface area contributed by atoms with Crippen molar-refractivity contribution in [1.29, 1.82) is 0 Å². The van der Waals surface area contributed by atoms with Crippen molar-refractivity contribution in [2.75, 3.05) is 5.73 Å². The van der Waals surface area contributed by atoms with Crippen molar-refractivity contribution in [2.45, 2.75) is 0 Å². The molecule has 20 heavy (non-hydrogen) atoms. The van der Waals surface area contributed by atoms with Gasteiger partial charge in [-0.2, -0.15) is 5.10 Å². The summed E-state index contributed by atoms with van der Waals surface area (Å²) < 4.78 is 6.01. The van der Waals surface area contributed by atoms with E-state index in [4.69, 9.17) is 10.3 Å². The van der Waals surface area contributed by atoms with Crippen LogP contribution < -0.4 is 11.3 Å². The number of rotatable bonds is 2. The number of nitrogens with one attached hydrogen (secondary N) is 1. The number of aromatic amines is 1. The third-order valence-electron chi connectivity index (χ3n) is 2.77. The Morgan fingerprint density at radius 1 is 1.15 bits per heavy atom. The van der Waals surface area contributed by atoms with Crippen LogP contribution in [0.2, 0.25) is 0 Å². The van der Waals surface area contributed by atoms with Gasteiger partial charge in [-0.3, -0.25) is 4.79 Å². The maximum Gasteiger partial charge on any atom is 0.264 e. The lowest BCUT2D eigenvalue weighted by molar-refractivity contribution is 0.439. The van der Waals surface area contributed by atoms with E-state index in [1.54, 1.807) is 6.07 Å². The second-order valence-electron chi connectivity index (χ2n) is 4.08. The van der Waals surface area contributed by atoms with Crippen molar-refractivity contribution in [3.63, 3.8) is 0 Å². The summed E-state index contributed by atoms with van der Waals surface area (Å²) in [4.78, 5) is 11.1. The zero-order valence-electron chi connectivity index (χ0n) is 10.1. The Morgan fingerprint density at radius 2 is 1.90 bits per heavy atom. The first-order valence-electron chi connectivity index (χ1n) is 5.72. The Labute approximate surface area is 121 Å². The molecule has 3 N–H and O–H groups in total. The van der Waals surface area contributed by atoms with E-state index in [0.717, 1.165) is 10.0 Å². The molecule has 0 unspecified atom stereocenters. The molecule has 0 saturated carbocycles. The number of nitrogen functional groups attached to an aromatic ring is 1. The van der Waals surface area contributed by atoms with E-state index in [2.05, 4.69) is 31.3 Å². The van der Waals surface area contributed by atoms with Crippen molar-refractivity contribution < 1.29 is 4.52 Å². The standard InChI is InChI=1S/C13H9BrN4O2/c14-8-3-1-7(2-4-8)11-12(18-20-13(11)15)9-5-6-10(19)17-16-9/h1-6H,15H2,(H,17,19). The van der Waals surface area contributed by atoms with Crippen LogP contribution in [-0.2, 0) is 0 Å². The van der Waals surface area contributed by atoms with Gasteiger partial charge in [0.2, 0.25) is 5.88 Å². The summed E-state index contributed by atoms with van der Waals surface area (Å²) in [6, 6.07) is 10.5. The molecule has 0 atom stereocenters. The predicted octanol–water partition coefficient (Wildman–Crippen LogP) is 2.44. The van der Waals surface area contributed by atoms with Gasteiger partial charge in [0.15, 0.2) is 0 Å². The van der Waals surface area contributed by atoms with Crippen LogP contribution in [0.4, 0.5) is 5.88 Å². The Kier molecular flexibility index (Phi) is 3.11. The molecule has 1 aromatic carbocycles. The van der Waals surface area contributed by atoms with Crippen LogP contribution in [0.5, 0.6) is 0 Å². The van der Waals surface area contributed by atoms with Crippen LogP contribution in [-0.4, -0.2) is 15.4 Å². The van der Waals surface area contributed by atoms with Crippen LogP contribution in [0.25, 0.3) is 22.5 Å². The number of hydrogen-bond donors (Lipinski definition) is 2. The molecule has 3 rings (SSSR count). The summed E-state index contributed by atoms with van der Waals surface area (Å²) >= 11 is 3.38. The summed E-state index contributed by atoms with van der Waals surface area (Å²) in [5.41, 5.74) is 8.04. The topological polar surface area (TPSA) is 97.8 Å². The molecular formula is C13H9BrN4O2. The van der Waals surface area contributed by atoms with Crippen molar-refractivity contribution in [2.24, 2.45) is 0 Å². The first-order chi connectivity index (χ1) is 9.65. The molecule has 0 saturated heterocycles. The number of nitrogens with zero attached hydrogens (tertiary/aromatic N) is 2. The molecule has 6 nitrogen and oxygen atoms in total. The normalized spacial score (nSPS) is 10.7. The highest BCUT2D eigenvalue weighted by Gasteiger charge is 2.18. The highest BCUT2D eigenvalue weighted by molar-refractivity contribution is 9.10. The SMILES string of the molecule is Nc1onc(-c2ccc(=O)[nH]n2)c1-c1ccc(Br)cc1. The smallest absolute Gasteiger partial charge is 0.264 e. The zero-order chi connectivity index (χ0) is 14.1. The number of nitrogens with two attached hydrogens (primary N) is 1. The number of anilines is 1. The van der Waals surface area contributed by atoms with Gasteiger partial charge in [-0.25, -0.2) is 5.10 Å². The van der Waals surface area contributed by atoms with Gasteiger partial charge in [-0.1, -0.05) is 33.2 Å². The van der Waals surface area contributed by atoms with Gasteiger partial charge in [0, 0.05) is 10.5 Å². The fraction of sp³-hybridized carbons (Fsp3) is 0. The average molecular weight is 333 g/mol. The Balaban J connectivity index is 2.16. The first-order valence-corrected chi connectivity index (χ1v) is 6.51. The molecule has 2 aromatic heterocycles. The fourth-order valence-corrected chi connectivity index (χ4v) is 2.11. The molecule has 0 spiro atoms. The number of hydrogen-bond acceptors (Lipinski definition) is 5. The van der Waals surface area contributed by atoms with E-state index in [1.807, 2.05) is 24.3 Å². The maximum atomic E-state index is 11.1. The molecular weight excluding hydrogens is 324 g/mol. The minimum Gasteiger partial charge on any atom is -0.367 e. The highest BCUT2D eigenvalue weighted by atomic mass is 79.9. The van der Waals surface area contributed by atoms with Gasteiger partial charge in [0.1, 0.15) is 11.4 Å². The van der Waals surface area contributed by atoms with Crippen LogP contribution >= 0.6 is 15.9 Å². The maximum absolute atomic E-state index is 11.1. The summed E-state index contributed by atoms with van der Waals surface area (Å²) in [5, 5.41) is 10.2. The molecule has 100 valence electrons. The van der Waals surface area contributed by atoms with Crippen molar-refractivity contribution in [3.05, 3.63) is 51.2 Å². The van der Waals surface area contributed by atoms with E-state index in [1.165, 1.54) is 6.07 Å². The molecule has 0 bridgehead atoms. The summed E-state index contributed by atoms with van der Waals surface area (Å²) in [6.07, 6.45) is 0. The molecule has 0 aliphatic heterocycles. The van der Waals surface area contributed by atoms with Gasteiger partial charge < -0.3 is 10.3 Å². The molecule has 0 amide bonds. The van der Waals surface area contributed by atoms with E-state index in [9.17, 15) is 4.79 Å². The Morgan fingerprint density at radius 3 is 2.55 bits per heavy atom. The van der Waals surface area contributed by atoms with Crippen molar-refractivity contribution in [1.82, 2.24) is 15.4 Å². The molecule has 3 aromatic rings. The minimum atomic E-state index is -0.282. The lowest BCUT2D eigenvalue weighted by Gasteiger charge is -2.02. The minimum absolute atomic E-state index is 0.204. The second kappa shape index (κ2) is 4.93. The van der Waals surface area contributed by atoms with Crippen molar-refractivity contribution in [3.8, 4) is 22.5 Å². The molecule has 2 heterocycles. The quantitative estimate of drug-likeness (QED) is 0.751. The van der Waals surface area contributed by atoms with Gasteiger partial charge in [0.05, 0.1) is 5.56 Å². The Hall–Kier alpha value is -2.41. The van der Waals surface area contributed by atoms with Crippen LogP contribution in [0, 0.1) is 0 Å². The van der Waals surface area contributed by atoms with E-state index >= 15 is 0 Å². The number of benzene rings is 1. The van der Waals surface area contributed by atoms with E-state index in [-0.39, 0.29) is 11.4 Å². The third-order valence-corrected chi connectivity index (χ3v) is 3.30. The van der Waals surface area contributed by atoms with Crippen LogP contribution in [0.3, 0.4) is 0 Å². The molecule has 0 aliphatic carbocycles. The number of aromatic nitrogens is 3. The largest absolute Gasteiger partial charge is 0.367 e. The van der Waals surface area contributed by atoms with Crippen molar-refractivity contribution >= 4 is 21.8 Å². The Bertz CT molecular complexity index is 787. The fourth-order valence-electron chi connectivity index (χ4n) is 1.85. The predicted molar refractivity (Wildman–Crippen MR) is 77.9 cm³/mol. The number of H-pyrrole nitrogens is 1. The summed E-state index contributed by atoms with van der Waals surface area (Å²) in [5.74, 6) is 0.204. The highest BCUT2D eigenvalue weighted by Crippen LogP contribution is 2.35. The lowest BCUT2D eigenvalue weighted by Crippen LogP contribution is -2.05. The zero-order valence-corrected chi connectivity index (χ0v) is 11.7. The molecule has 7 heteroatoms. The first kappa shape index (κ1) is 12.6. The number of halogens is 1. The molecule has 0 fully saturated rings. The van der Waals surface area contributed by atoms with Crippen LogP contribution in [0.15, 0.2) is 50.2 Å². The van der Waals surface area contributed by atoms with E-state index < -0.39 is 0 Å². The molecule has 0 aliphatic rings. The van der Waals surface area contributed by atoms with Gasteiger partial charge in [-0.15, -0.1) is 0 Å². The van der Waals surface area contributed by atoms with E-state index in [0.29, 0.717) is 17.0 Å². The monoisotopic (exact) mass is 332 g/mol. The van der Waals surface area contributed by atoms with Gasteiger partial charge >= 0.3 is 0 Å². The second-order valence-corrected chi connectivity index (χ2v) is 5.00. The summed E-state index contributed by atoms with van der Waals surface area (Å²) in [6.45, 7) is 0. The lowest BCUT2D eigenvalue weighted by atomic mass is 10.0. The van der Waals surface area contributed by atoms with Crippen LogP contribution in [0.1, 0.15) is 0 Å². The molecule has 0 radical (unpaired) electrons. The van der Waals surface area contributed by atoms with Gasteiger partial charge in [0.25, 0.3) is 5.56 Å². The average Bonchev–Trinajstić information content (AvgIpc) is 2.83. The summed E-state index contributed by atoms with van der Waals surface area (Å²) in [7, 11) is 0. The van der Waals surface area contributed by atoms with Gasteiger partial charge in [-0.05, 0) is 23.8 Å².